The molecule has 3 aliphatic rings. The van der Waals surface area contributed by atoms with Gasteiger partial charge in [0, 0.05) is 51.9 Å². The number of fused-ring (bicyclic) bond motifs is 4. The third-order valence-corrected chi connectivity index (χ3v) is 6.88. The van der Waals surface area contributed by atoms with Crippen molar-refractivity contribution in [1.29, 1.82) is 0 Å². The summed E-state index contributed by atoms with van der Waals surface area (Å²) in [6, 6.07) is 3.86. The van der Waals surface area contributed by atoms with Crippen LogP contribution in [0.25, 0.3) is 0 Å². The summed E-state index contributed by atoms with van der Waals surface area (Å²) in [5.41, 5.74) is 0.0621. The normalized spacial score (nSPS) is 26.0. The fourth-order valence-corrected chi connectivity index (χ4v) is 4.86. The molecule has 0 amide bonds. The van der Waals surface area contributed by atoms with Gasteiger partial charge in [0.1, 0.15) is 11.6 Å². The minimum absolute atomic E-state index is 0.0162. The van der Waals surface area contributed by atoms with E-state index in [2.05, 4.69) is 0 Å². The van der Waals surface area contributed by atoms with Crippen molar-refractivity contribution in [3.63, 3.8) is 0 Å². The average Bonchev–Trinajstić information content (AvgIpc) is 2.83. The van der Waals surface area contributed by atoms with Crippen molar-refractivity contribution in [2.45, 2.75) is 25.4 Å². The van der Waals surface area contributed by atoms with Gasteiger partial charge in [0.2, 0.25) is 0 Å². The van der Waals surface area contributed by atoms with E-state index in [9.17, 15) is 17.2 Å². The Labute approximate surface area is 142 Å². The van der Waals surface area contributed by atoms with Gasteiger partial charge < -0.3 is 0 Å². The van der Waals surface area contributed by atoms with Crippen LogP contribution >= 0.6 is 0 Å². The first-order valence-corrected chi connectivity index (χ1v) is 9.53. The Morgan fingerprint density at radius 1 is 1.12 bits per heavy atom. The van der Waals surface area contributed by atoms with E-state index >= 15 is 0 Å². The van der Waals surface area contributed by atoms with Gasteiger partial charge in [-0.1, -0.05) is 6.07 Å². The van der Waals surface area contributed by atoms with Gasteiger partial charge in [-0.3, -0.25) is 4.90 Å². The molecule has 1 aromatic carbocycles. The number of nitrogens with zero attached hydrogens (tertiary/aromatic N) is 3. The van der Waals surface area contributed by atoms with Gasteiger partial charge in [-0.25, -0.2) is 8.78 Å². The molecule has 3 saturated heterocycles. The lowest BCUT2D eigenvalue weighted by Crippen LogP contribution is -2.46. The Hall–Kier alpha value is -1.09. The first-order chi connectivity index (χ1) is 11.3. The summed E-state index contributed by atoms with van der Waals surface area (Å²) in [5.74, 6) is -0.908. The first-order valence-electron chi connectivity index (χ1n) is 8.13. The Morgan fingerprint density at radius 3 is 2.42 bits per heavy atom. The van der Waals surface area contributed by atoms with Crippen LogP contribution in [0.3, 0.4) is 0 Å². The second-order valence-electron chi connectivity index (χ2n) is 6.83. The number of piperidine rings is 1. The summed E-state index contributed by atoms with van der Waals surface area (Å²) in [6.45, 7) is 1.67. The summed E-state index contributed by atoms with van der Waals surface area (Å²) in [7, 11) is -0.425. The lowest BCUT2D eigenvalue weighted by molar-refractivity contribution is 0.122. The molecule has 0 aliphatic carbocycles. The van der Waals surface area contributed by atoms with E-state index in [1.165, 1.54) is 40.9 Å². The Balaban J connectivity index is 1.82. The molecule has 0 N–H and O–H groups in total. The molecule has 5 nitrogen and oxygen atoms in total. The average molecular weight is 359 g/mol. The Bertz CT molecular complexity index is 691. The molecule has 0 aromatic heterocycles. The van der Waals surface area contributed by atoms with Crippen LogP contribution in [0.15, 0.2) is 18.2 Å². The fourth-order valence-electron chi connectivity index (χ4n) is 3.64. The van der Waals surface area contributed by atoms with Gasteiger partial charge in [-0.05, 0) is 30.9 Å². The molecular weight excluding hydrogens is 336 g/mol. The summed E-state index contributed by atoms with van der Waals surface area (Å²) in [6.07, 6.45) is 1.79. The second kappa shape index (κ2) is 6.67. The first kappa shape index (κ1) is 17.7. The van der Waals surface area contributed by atoms with Crippen LogP contribution in [-0.2, 0) is 16.8 Å². The van der Waals surface area contributed by atoms with Crippen LogP contribution in [0.5, 0.6) is 0 Å². The number of hydrogen-bond donors (Lipinski definition) is 0. The predicted molar refractivity (Wildman–Crippen MR) is 87.5 cm³/mol. The van der Waals surface area contributed by atoms with Crippen LogP contribution in [0.2, 0.25) is 0 Å². The SMILES string of the molecule is CN(C)S(=O)(=O)N1C[C@@H]2CC[C@H](C1)N(Cc1c(F)cccc1F)C2. The van der Waals surface area contributed by atoms with Gasteiger partial charge in [-0.2, -0.15) is 17.0 Å². The third kappa shape index (κ3) is 3.33. The quantitative estimate of drug-likeness (QED) is 0.821. The van der Waals surface area contributed by atoms with E-state index in [4.69, 9.17) is 0 Å². The Kier molecular flexibility index (Phi) is 4.92. The van der Waals surface area contributed by atoms with Crippen molar-refractivity contribution in [3.8, 4) is 0 Å². The van der Waals surface area contributed by atoms with Gasteiger partial charge in [-0.15, -0.1) is 0 Å². The molecule has 8 heteroatoms. The van der Waals surface area contributed by atoms with Crippen LogP contribution < -0.4 is 0 Å². The zero-order chi connectivity index (χ0) is 17.5. The smallest absolute Gasteiger partial charge is 0.281 e. The molecule has 1 aromatic rings. The van der Waals surface area contributed by atoms with Crippen LogP contribution in [-0.4, -0.2) is 61.7 Å². The minimum atomic E-state index is -3.47. The highest BCUT2D eigenvalue weighted by molar-refractivity contribution is 7.86. The lowest BCUT2D eigenvalue weighted by Gasteiger charge is -2.36. The van der Waals surface area contributed by atoms with E-state index in [-0.39, 0.29) is 24.1 Å². The highest BCUT2D eigenvalue weighted by atomic mass is 32.2. The van der Waals surface area contributed by atoms with E-state index < -0.39 is 21.8 Å². The van der Waals surface area contributed by atoms with Crippen molar-refractivity contribution in [1.82, 2.24) is 13.5 Å². The number of benzene rings is 1. The maximum absolute atomic E-state index is 13.9. The maximum atomic E-state index is 13.9. The standard InChI is InChI=1S/C16H23F2N3O2S/c1-19(2)24(22,23)21-9-12-6-7-13(10-21)20(8-12)11-14-15(17)4-3-5-16(14)18/h3-5,12-13H,6-11H2,1-2H3/t12-,13-/m1/s1. The molecule has 134 valence electrons. The predicted octanol–water partition coefficient (Wildman–Crippen LogP) is 1.67. The van der Waals surface area contributed by atoms with E-state index in [0.29, 0.717) is 19.6 Å². The third-order valence-electron chi connectivity index (χ3n) is 5.00. The van der Waals surface area contributed by atoms with Gasteiger partial charge in [0.05, 0.1) is 0 Å². The zero-order valence-corrected chi connectivity index (χ0v) is 14.8. The maximum Gasteiger partial charge on any atom is 0.281 e. The second-order valence-corrected chi connectivity index (χ2v) is 8.98. The van der Waals surface area contributed by atoms with Crippen molar-refractivity contribution in [3.05, 3.63) is 35.4 Å². The van der Waals surface area contributed by atoms with E-state index in [1.54, 1.807) is 0 Å². The lowest BCUT2D eigenvalue weighted by atomic mass is 9.94. The molecule has 3 aliphatic heterocycles. The van der Waals surface area contributed by atoms with Crippen LogP contribution in [0, 0.1) is 17.6 Å². The highest BCUT2D eigenvalue weighted by Gasteiger charge is 2.39. The molecule has 3 heterocycles. The topological polar surface area (TPSA) is 43.9 Å². The molecule has 3 fully saturated rings. The molecule has 0 spiro atoms. The molecule has 0 unspecified atom stereocenters. The van der Waals surface area contributed by atoms with Crippen molar-refractivity contribution in [2.75, 3.05) is 33.7 Å². The molecule has 24 heavy (non-hydrogen) atoms. The van der Waals surface area contributed by atoms with E-state index in [0.717, 1.165) is 12.8 Å². The summed E-state index contributed by atoms with van der Waals surface area (Å²) in [4.78, 5) is 2.03. The summed E-state index contributed by atoms with van der Waals surface area (Å²) >= 11 is 0. The largest absolute Gasteiger partial charge is 0.294 e. The Morgan fingerprint density at radius 2 is 1.79 bits per heavy atom. The summed E-state index contributed by atoms with van der Waals surface area (Å²) < 4.78 is 55.5. The molecule has 0 radical (unpaired) electrons. The van der Waals surface area contributed by atoms with Gasteiger partial charge in [0.15, 0.2) is 0 Å². The minimum Gasteiger partial charge on any atom is -0.294 e. The van der Waals surface area contributed by atoms with Crippen molar-refractivity contribution < 1.29 is 17.2 Å². The monoisotopic (exact) mass is 359 g/mol. The van der Waals surface area contributed by atoms with Crippen LogP contribution in [0.4, 0.5) is 8.78 Å². The zero-order valence-electron chi connectivity index (χ0n) is 14.0. The van der Waals surface area contributed by atoms with Gasteiger partial charge in [0.25, 0.3) is 10.2 Å². The molecule has 2 atom stereocenters. The molecule has 2 bridgehead atoms. The van der Waals surface area contributed by atoms with Crippen molar-refractivity contribution in [2.24, 2.45) is 5.92 Å². The molecule has 0 saturated carbocycles. The highest BCUT2D eigenvalue weighted by Crippen LogP contribution is 2.31. The molecular formula is C16H23F2N3O2S. The van der Waals surface area contributed by atoms with Gasteiger partial charge >= 0.3 is 0 Å². The number of halogens is 2. The molecule has 4 rings (SSSR count). The fraction of sp³-hybridized carbons (Fsp3) is 0.625. The van der Waals surface area contributed by atoms with Crippen molar-refractivity contribution >= 4 is 10.2 Å². The summed E-state index contributed by atoms with van der Waals surface area (Å²) in [5, 5.41) is 0. The van der Waals surface area contributed by atoms with E-state index in [1.807, 2.05) is 4.90 Å². The number of hydrogen-bond acceptors (Lipinski definition) is 3. The number of rotatable bonds is 4. The van der Waals surface area contributed by atoms with Crippen LogP contribution in [0.1, 0.15) is 18.4 Å².